The molecule has 3 aromatic rings. The van der Waals surface area contributed by atoms with Gasteiger partial charge in [-0.25, -0.2) is 13.8 Å². The number of halogens is 2. The molecule has 1 N–H and O–H groups in total. The molecule has 0 saturated heterocycles. The summed E-state index contributed by atoms with van der Waals surface area (Å²) in [6, 6.07) is 12.2. The van der Waals surface area contributed by atoms with Gasteiger partial charge in [0.05, 0.1) is 11.4 Å². The highest BCUT2D eigenvalue weighted by Gasteiger charge is 2.08. The molecule has 6 heteroatoms. The highest BCUT2D eigenvalue weighted by molar-refractivity contribution is 7.07. The maximum absolute atomic E-state index is 13.1. The number of rotatable bonds is 5. The van der Waals surface area contributed by atoms with Gasteiger partial charge in [0.25, 0.3) is 0 Å². The highest BCUT2D eigenvalue weighted by Crippen LogP contribution is 2.21. The molecule has 0 radical (unpaired) electrons. The third-order valence-corrected chi connectivity index (χ3v) is 4.39. The molecule has 0 aliphatic rings. The summed E-state index contributed by atoms with van der Waals surface area (Å²) >= 11 is 1.45. The Morgan fingerprint density at radius 2 is 1.58 bits per heavy atom. The number of aromatic nitrogens is 1. The average molecular weight is 346 g/mol. The smallest absolute Gasteiger partial charge is 0.190 e. The molecule has 0 saturated carbocycles. The Labute approximate surface area is 142 Å². The van der Waals surface area contributed by atoms with Gasteiger partial charge in [0.15, 0.2) is 4.80 Å². The lowest BCUT2D eigenvalue weighted by Crippen LogP contribution is -2.16. The summed E-state index contributed by atoms with van der Waals surface area (Å²) in [5, 5.41) is 11.1. The monoisotopic (exact) mass is 346 g/mol. The van der Waals surface area contributed by atoms with Gasteiger partial charge >= 0.3 is 0 Å². The SMILES string of the molecule is OCCCn1c(-c2ccc(F)cc2)csc1=Nc1ccc(F)cc1. The Bertz CT molecular complexity index is 867. The van der Waals surface area contributed by atoms with Gasteiger partial charge in [-0.3, -0.25) is 0 Å². The first-order chi connectivity index (χ1) is 11.7. The van der Waals surface area contributed by atoms with E-state index in [1.54, 1.807) is 24.3 Å². The first-order valence-corrected chi connectivity index (χ1v) is 8.41. The standard InChI is InChI=1S/C18H16F2N2OS/c19-14-4-2-13(3-5-14)17-12-24-18(22(17)10-1-11-23)21-16-8-6-15(20)7-9-16/h2-9,12,23H,1,10-11H2. The minimum absolute atomic E-state index is 0.0711. The minimum Gasteiger partial charge on any atom is -0.396 e. The summed E-state index contributed by atoms with van der Waals surface area (Å²) in [5.74, 6) is -0.590. The largest absolute Gasteiger partial charge is 0.396 e. The summed E-state index contributed by atoms with van der Waals surface area (Å²) < 4.78 is 28.2. The van der Waals surface area contributed by atoms with E-state index in [2.05, 4.69) is 4.99 Å². The molecule has 0 atom stereocenters. The van der Waals surface area contributed by atoms with E-state index >= 15 is 0 Å². The zero-order chi connectivity index (χ0) is 16.9. The van der Waals surface area contributed by atoms with Crippen LogP contribution in [0.4, 0.5) is 14.5 Å². The molecule has 0 amide bonds. The Morgan fingerprint density at radius 1 is 0.958 bits per heavy atom. The van der Waals surface area contributed by atoms with Gasteiger partial charge < -0.3 is 9.67 Å². The zero-order valence-electron chi connectivity index (χ0n) is 12.8. The van der Waals surface area contributed by atoms with E-state index in [-0.39, 0.29) is 18.2 Å². The molecule has 24 heavy (non-hydrogen) atoms. The zero-order valence-corrected chi connectivity index (χ0v) is 13.6. The maximum atomic E-state index is 13.1. The predicted octanol–water partition coefficient (Wildman–Crippen LogP) is 4.11. The second kappa shape index (κ2) is 7.51. The number of hydrogen-bond acceptors (Lipinski definition) is 3. The van der Waals surface area contributed by atoms with Crippen LogP contribution < -0.4 is 4.80 Å². The third-order valence-electron chi connectivity index (χ3n) is 3.53. The summed E-state index contributed by atoms with van der Waals surface area (Å²) in [7, 11) is 0. The molecule has 0 aliphatic heterocycles. The van der Waals surface area contributed by atoms with Crippen LogP contribution >= 0.6 is 11.3 Å². The molecule has 0 fully saturated rings. The normalized spacial score (nSPS) is 11.9. The van der Waals surface area contributed by atoms with Gasteiger partial charge in [-0.05, 0) is 60.5 Å². The Balaban J connectivity index is 2.06. The Hall–Kier alpha value is -2.31. The van der Waals surface area contributed by atoms with Crippen molar-refractivity contribution >= 4 is 17.0 Å². The molecule has 0 aliphatic carbocycles. The first-order valence-electron chi connectivity index (χ1n) is 7.53. The van der Waals surface area contributed by atoms with E-state index in [0.29, 0.717) is 18.7 Å². The fourth-order valence-electron chi connectivity index (χ4n) is 2.34. The molecular formula is C18H16F2N2OS. The van der Waals surface area contributed by atoms with E-state index in [1.165, 1.54) is 35.6 Å². The molecule has 0 spiro atoms. The second-order valence-corrected chi connectivity index (χ2v) is 6.06. The Kier molecular flexibility index (Phi) is 5.17. The van der Waals surface area contributed by atoms with E-state index < -0.39 is 0 Å². The van der Waals surface area contributed by atoms with Gasteiger partial charge in [0.1, 0.15) is 11.6 Å². The van der Waals surface area contributed by atoms with E-state index in [4.69, 9.17) is 5.11 Å². The lowest BCUT2D eigenvalue weighted by Gasteiger charge is -2.08. The molecule has 1 heterocycles. The lowest BCUT2D eigenvalue weighted by molar-refractivity contribution is 0.279. The molecule has 124 valence electrons. The van der Waals surface area contributed by atoms with E-state index in [9.17, 15) is 8.78 Å². The number of benzene rings is 2. The van der Waals surface area contributed by atoms with Gasteiger partial charge in [-0.2, -0.15) is 0 Å². The van der Waals surface area contributed by atoms with Crippen molar-refractivity contribution in [2.75, 3.05) is 6.61 Å². The van der Waals surface area contributed by atoms with Crippen LogP contribution in [0.15, 0.2) is 58.9 Å². The van der Waals surface area contributed by atoms with Crippen LogP contribution in [-0.2, 0) is 6.54 Å². The summed E-state index contributed by atoms with van der Waals surface area (Å²) in [5.41, 5.74) is 2.45. The number of aliphatic hydroxyl groups excluding tert-OH is 1. The third kappa shape index (κ3) is 3.77. The van der Waals surface area contributed by atoms with Crippen molar-refractivity contribution in [2.45, 2.75) is 13.0 Å². The summed E-state index contributed by atoms with van der Waals surface area (Å²) in [6.45, 7) is 0.661. The van der Waals surface area contributed by atoms with E-state index in [1.807, 2.05) is 9.95 Å². The van der Waals surface area contributed by atoms with Crippen molar-refractivity contribution in [3.63, 3.8) is 0 Å². The van der Waals surface area contributed by atoms with Crippen molar-refractivity contribution in [2.24, 2.45) is 4.99 Å². The van der Waals surface area contributed by atoms with E-state index in [0.717, 1.165) is 16.1 Å². The van der Waals surface area contributed by atoms with Crippen molar-refractivity contribution in [1.29, 1.82) is 0 Å². The maximum Gasteiger partial charge on any atom is 0.190 e. The second-order valence-electron chi connectivity index (χ2n) is 5.23. The van der Waals surface area contributed by atoms with Crippen LogP contribution in [0, 0.1) is 11.6 Å². The molecule has 1 aromatic heterocycles. The van der Waals surface area contributed by atoms with Crippen LogP contribution in [0.1, 0.15) is 6.42 Å². The summed E-state index contributed by atoms with van der Waals surface area (Å²) in [4.78, 5) is 5.30. The summed E-state index contributed by atoms with van der Waals surface area (Å²) in [6.07, 6.45) is 0.585. The number of hydrogen-bond donors (Lipinski definition) is 1. The minimum atomic E-state index is -0.305. The van der Waals surface area contributed by atoms with Crippen LogP contribution in [-0.4, -0.2) is 16.3 Å². The molecule has 0 bridgehead atoms. The number of aliphatic hydroxyl groups is 1. The van der Waals surface area contributed by atoms with Gasteiger partial charge in [-0.15, -0.1) is 11.3 Å². The first kappa shape index (κ1) is 16.5. The fourth-order valence-corrected chi connectivity index (χ4v) is 3.30. The van der Waals surface area contributed by atoms with Crippen LogP contribution in [0.3, 0.4) is 0 Å². The molecule has 0 unspecified atom stereocenters. The number of nitrogens with zero attached hydrogens (tertiary/aromatic N) is 2. The van der Waals surface area contributed by atoms with Crippen LogP contribution in [0.25, 0.3) is 11.3 Å². The quantitative estimate of drug-likeness (QED) is 0.742. The van der Waals surface area contributed by atoms with Gasteiger partial charge in [0.2, 0.25) is 0 Å². The molecule has 3 nitrogen and oxygen atoms in total. The van der Waals surface area contributed by atoms with Gasteiger partial charge in [0, 0.05) is 18.5 Å². The van der Waals surface area contributed by atoms with Crippen molar-refractivity contribution in [3.05, 3.63) is 70.3 Å². The fraction of sp³-hybridized carbons (Fsp3) is 0.167. The van der Waals surface area contributed by atoms with Crippen LogP contribution in [0.2, 0.25) is 0 Å². The Morgan fingerprint density at radius 3 is 2.21 bits per heavy atom. The average Bonchev–Trinajstić information content (AvgIpc) is 2.98. The van der Waals surface area contributed by atoms with Crippen LogP contribution in [0.5, 0.6) is 0 Å². The lowest BCUT2D eigenvalue weighted by atomic mass is 10.1. The van der Waals surface area contributed by atoms with Crippen molar-refractivity contribution in [1.82, 2.24) is 4.57 Å². The molecule has 2 aromatic carbocycles. The number of thiazole rings is 1. The van der Waals surface area contributed by atoms with Gasteiger partial charge in [-0.1, -0.05) is 0 Å². The predicted molar refractivity (Wildman–Crippen MR) is 91.0 cm³/mol. The topological polar surface area (TPSA) is 37.5 Å². The molecular weight excluding hydrogens is 330 g/mol. The highest BCUT2D eigenvalue weighted by atomic mass is 32.1. The molecule has 3 rings (SSSR count). The van der Waals surface area contributed by atoms with Crippen molar-refractivity contribution in [3.8, 4) is 11.3 Å². The van der Waals surface area contributed by atoms with Crippen molar-refractivity contribution < 1.29 is 13.9 Å².